The molecule has 0 unspecified atom stereocenters. The summed E-state index contributed by atoms with van der Waals surface area (Å²) in [5, 5.41) is 6.74. The van der Waals surface area contributed by atoms with E-state index in [1.165, 1.54) is 6.42 Å². The molecule has 68 valence electrons. The molecule has 12 heavy (non-hydrogen) atoms. The predicted molar refractivity (Wildman–Crippen MR) is 50.3 cm³/mol. The van der Waals surface area contributed by atoms with Gasteiger partial charge in [-0.2, -0.15) is 0 Å². The van der Waals surface area contributed by atoms with Gasteiger partial charge < -0.3 is 10.6 Å². The number of nitrogens with one attached hydrogen (secondary N) is 1. The van der Waals surface area contributed by atoms with Crippen molar-refractivity contribution in [1.82, 2.24) is 4.90 Å². The molecule has 0 radical (unpaired) electrons. The van der Waals surface area contributed by atoms with E-state index in [1.54, 1.807) is 4.90 Å². The molecule has 3 N–H and O–H groups in total. The second kappa shape index (κ2) is 4.35. The first-order valence-electron chi connectivity index (χ1n) is 4.01. The molecule has 1 aliphatic rings. The van der Waals surface area contributed by atoms with Gasteiger partial charge in [-0.05, 0) is 19.3 Å². The summed E-state index contributed by atoms with van der Waals surface area (Å²) in [7, 11) is 0. The summed E-state index contributed by atoms with van der Waals surface area (Å²) in [5.74, 6) is 0. The highest BCUT2D eigenvalue weighted by molar-refractivity contribution is 8.26. The molecule has 1 fully saturated rings. The van der Waals surface area contributed by atoms with Gasteiger partial charge in [0.05, 0.1) is 0 Å². The Hall–Kier alpha value is -0.710. The van der Waals surface area contributed by atoms with E-state index >= 15 is 0 Å². The number of carbonyl (C=O) groups excluding carboxylic acids is 1. The molecule has 4 nitrogen and oxygen atoms in total. The molecular formula is C7H13N3OS. The average Bonchev–Trinajstić information content (AvgIpc) is 2.05. The number of amidine groups is 1. The highest BCUT2D eigenvalue weighted by atomic mass is 32.2. The molecule has 0 aromatic heterocycles. The van der Waals surface area contributed by atoms with Gasteiger partial charge in [0, 0.05) is 24.9 Å². The third kappa shape index (κ3) is 2.73. The summed E-state index contributed by atoms with van der Waals surface area (Å²) in [4.78, 5) is 13.0. The SMILES string of the molecule is N=C(N)SC(=O)N1CCCCC1. The fraction of sp³-hybridized carbons (Fsp3) is 0.714. The smallest absolute Gasteiger partial charge is 0.289 e. The maximum Gasteiger partial charge on any atom is 0.289 e. The highest BCUT2D eigenvalue weighted by Crippen LogP contribution is 2.14. The van der Waals surface area contributed by atoms with E-state index in [2.05, 4.69) is 0 Å². The van der Waals surface area contributed by atoms with Crippen LogP contribution >= 0.6 is 11.8 Å². The molecule has 1 rings (SSSR count). The molecule has 0 bridgehead atoms. The molecule has 0 spiro atoms. The summed E-state index contributed by atoms with van der Waals surface area (Å²) in [6.45, 7) is 1.64. The molecule has 0 aromatic rings. The third-order valence-corrected chi connectivity index (χ3v) is 2.46. The van der Waals surface area contributed by atoms with Crippen molar-refractivity contribution in [3.05, 3.63) is 0 Å². The molecular weight excluding hydrogens is 174 g/mol. The van der Waals surface area contributed by atoms with E-state index in [0.717, 1.165) is 37.7 Å². The van der Waals surface area contributed by atoms with Gasteiger partial charge in [0.15, 0.2) is 5.17 Å². The van der Waals surface area contributed by atoms with Crippen molar-refractivity contribution in [2.75, 3.05) is 13.1 Å². The molecule has 0 saturated carbocycles. The molecule has 1 aliphatic heterocycles. The van der Waals surface area contributed by atoms with Crippen LogP contribution in [0.5, 0.6) is 0 Å². The molecule has 1 saturated heterocycles. The van der Waals surface area contributed by atoms with E-state index in [9.17, 15) is 4.79 Å². The standard InChI is InChI=1S/C7H13N3OS/c8-6(9)12-7(11)10-4-2-1-3-5-10/h1-5H2,(H3,8,9). The van der Waals surface area contributed by atoms with Crippen molar-refractivity contribution in [3.8, 4) is 0 Å². The maximum absolute atomic E-state index is 11.3. The van der Waals surface area contributed by atoms with E-state index in [4.69, 9.17) is 11.1 Å². The van der Waals surface area contributed by atoms with Gasteiger partial charge in [-0.15, -0.1) is 0 Å². The van der Waals surface area contributed by atoms with Crippen LogP contribution in [0.3, 0.4) is 0 Å². The predicted octanol–water partition coefficient (Wildman–Crippen LogP) is 1.22. The number of carbonyl (C=O) groups is 1. The Morgan fingerprint density at radius 3 is 2.42 bits per heavy atom. The summed E-state index contributed by atoms with van der Waals surface area (Å²) in [6, 6.07) is 0. The number of piperidine rings is 1. The molecule has 0 aliphatic carbocycles. The van der Waals surface area contributed by atoms with Crippen LogP contribution in [0.25, 0.3) is 0 Å². The first kappa shape index (κ1) is 9.38. The van der Waals surface area contributed by atoms with E-state index < -0.39 is 0 Å². The van der Waals surface area contributed by atoms with Crippen LogP contribution in [-0.2, 0) is 0 Å². The lowest BCUT2D eigenvalue weighted by atomic mass is 10.1. The highest BCUT2D eigenvalue weighted by Gasteiger charge is 2.17. The van der Waals surface area contributed by atoms with E-state index in [-0.39, 0.29) is 10.4 Å². The van der Waals surface area contributed by atoms with Gasteiger partial charge in [0.1, 0.15) is 0 Å². The van der Waals surface area contributed by atoms with Crippen LogP contribution in [0.15, 0.2) is 0 Å². The third-order valence-electron chi connectivity index (χ3n) is 1.81. The molecule has 1 amide bonds. The summed E-state index contributed by atoms with van der Waals surface area (Å²) in [6.07, 6.45) is 3.35. The summed E-state index contributed by atoms with van der Waals surface area (Å²) in [5.41, 5.74) is 5.10. The van der Waals surface area contributed by atoms with Crippen LogP contribution in [0.4, 0.5) is 4.79 Å². The van der Waals surface area contributed by atoms with Gasteiger partial charge >= 0.3 is 0 Å². The van der Waals surface area contributed by atoms with Crippen molar-refractivity contribution >= 4 is 22.2 Å². The Morgan fingerprint density at radius 2 is 1.92 bits per heavy atom. The van der Waals surface area contributed by atoms with Crippen LogP contribution in [0, 0.1) is 5.41 Å². The monoisotopic (exact) mass is 187 g/mol. The number of nitrogens with two attached hydrogens (primary N) is 1. The van der Waals surface area contributed by atoms with Gasteiger partial charge in [0.25, 0.3) is 5.24 Å². The van der Waals surface area contributed by atoms with Gasteiger partial charge in [-0.25, -0.2) is 0 Å². The molecule has 5 heteroatoms. The molecule has 1 heterocycles. The number of thioether (sulfide) groups is 1. The number of hydrogen-bond donors (Lipinski definition) is 2. The van der Waals surface area contributed by atoms with E-state index in [0.29, 0.717) is 0 Å². The second-order valence-electron chi connectivity index (χ2n) is 2.78. The first-order chi connectivity index (χ1) is 5.70. The minimum atomic E-state index is -0.120. The number of nitrogens with zero attached hydrogens (tertiary/aromatic N) is 1. The van der Waals surface area contributed by atoms with Crippen molar-refractivity contribution < 1.29 is 4.79 Å². The largest absolute Gasteiger partial charge is 0.378 e. The second-order valence-corrected chi connectivity index (χ2v) is 3.77. The van der Waals surface area contributed by atoms with Crippen molar-refractivity contribution in [2.45, 2.75) is 19.3 Å². The zero-order chi connectivity index (χ0) is 8.97. The van der Waals surface area contributed by atoms with Crippen molar-refractivity contribution in [2.24, 2.45) is 5.73 Å². The fourth-order valence-corrected chi connectivity index (χ4v) is 1.73. The van der Waals surface area contributed by atoms with Gasteiger partial charge in [-0.1, -0.05) is 0 Å². The lowest BCUT2D eigenvalue weighted by Crippen LogP contribution is -2.34. The minimum absolute atomic E-state index is 0.0813. The Bertz CT molecular complexity index is 189. The lowest BCUT2D eigenvalue weighted by Gasteiger charge is -2.25. The fourth-order valence-electron chi connectivity index (χ4n) is 1.24. The minimum Gasteiger partial charge on any atom is -0.378 e. The molecule has 0 aromatic carbocycles. The lowest BCUT2D eigenvalue weighted by molar-refractivity contribution is 0.211. The maximum atomic E-state index is 11.3. The van der Waals surface area contributed by atoms with Crippen LogP contribution < -0.4 is 5.73 Å². The van der Waals surface area contributed by atoms with Crippen LogP contribution in [0.2, 0.25) is 0 Å². The number of hydrogen-bond acceptors (Lipinski definition) is 3. The Kier molecular flexibility index (Phi) is 3.40. The number of likely N-dealkylation sites (tertiary alicyclic amines) is 1. The van der Waals surface area contributed by atoms with E-state index in [1.807, 2.05) is 0 Å². The van der Waals surface area contributed by atoms with Crippen molar-refractivity contribution in [3.63, 3.8) is 0 Å². The zero-order valence-corrected chi connectivity index (χ0v) is 7.69. The zero-order valence-electron chi connectivity index (χ0n) is 6.88. The topological polar surface area (TPSA) is 70.2 Å². The quantitative estimate of drug-likeness (QED) is 0.442. The first-order valence-corrected chi connectivity index (χ1v) is 4.82. The van der Waals surface area contributed by atoms with Gasteiger partial charge in [-0.3, -0.25) is 10.2 Å². The summed E-state index contributed by atoms with van der Waals surface area (Å²) < 4.78 is 0. The average molecular weight is 187 g/mol. The number of rotatable bonds is 0. The number of amides is 1. The molecule has 0 atom stereocenters. The normalized spacial score (nSPS) is 17.5. The van der Waals surface area contributed by atoms with Crippen LogP contribution in [0.1, 0.15) is 19.3 Å². The van der Waals surface area contributed by atoms with Gasteiger partial charge in [0.2, 0.25) is 0 Å². The Labute approximate surface area is 76.0 Å². The Morgan fingerprint density at radius 1 is 1.33 bits per heavy atom. The summed E-state index contributed by atoms with van der Waals surface area (Å²) >= 11 is 0.809. The van der Waals surface area contributed by atoms with Crippen molar-refractivity contribution in [1.29, 1.82) is 5.41 Å². The Balaban J connectivity index is 2.34. The van der Waals surface area contributed by atoms with Crippen LogP contribution in [-0.4, -0.2) is 28.4 Å².